The summed E-state index contributed by atoms with van der Waals surface area (Å²) in [5.41, 5.74) is 0. The van der Waals surface area contributed by atoms with E-state index in [2.05, 4.69) is 5.32 Å². The van der Waals surface area contributed by atoms with E-state index in [9.17, 15) is 4.79 Å². The predicted molar refractivity (Wildman–Crippen MR) is 61.7 cm³/mol. The van der Waals surface area contributed by atoms with Gasteiger partial charge in [0.1, 0.15) is 6.04 Å². The number of aliphatic carboxylic acids is 1. The van der Waals surface area contributed by atoms with Gasteiger partial charge in [-0.2, -0.15) is 0 Å². The zero-order valence-electron chi connectivity index (χ0n) is 10.4. The van der Waals surface area contributed by atoms with Gasteiger partial charge in [-0.05, 0) is 26.7 Å². The van der Waals surface area contributed by atoms with Crippen LogP contribution in [0, 0.1) is 0 Å². The molecule has 2 rings (SSSR count). The summed E-state index contributed by atoms with van der Waals surface area (Å²) in [4.78, 5) is 11.1. The summed E-state index contributed by atoms with van der Waals surface area (Å²) in [6.45, 7) is 4.31. The third kappa shape index (κ3) is 3.18. The second-order valence-corrected chi connectivity index (χ2v) is 5.32. The highest BCUT2D eigenvalue weighted by Gasteiger charge is 2.39. The highest BCUT2D eigenvalue weighted by atomic mass is 16.7. The van der Waals surface area contributed by atoms with Gasteiger partial charge >= 0.3 is 5.97 Å². The van der Waals surface area contributed by atoms with E-state index in [4.69, 9.17) is 14.6 Å². The van der Waals surface area contributed by atoms with Crippen molar-refractivity contribution < 1.29 is 19.4 Å². The van der Waals surface area contributed by atoms with Gasteiger partial charge in [0.25, 0.3) is 0 Å². The van der Waals surface area contributed by atoms with Gasteiger partial charge in [0.2, 0.25) is 0 Å². The lowest BCUT2D eigenvalue weighted by atomic mass is 10.1. The number of carboxylic acid groups (broad SMARTS) is 1. The first-order chi connectivity index (χ1) is 7.98. The summed E-state index contributed by atoms with van der Waals surface area (Å²) < 4.78 is 11.3. The molecule has 98 valence electrons. The van der Waals surface area contributed by atoms with Crippen molar-refractivity contribution in [1.29, 1.82) is 0 Å². The van der Waals surface area contributed by atoms with E-state index in [1.807, 2.05) is 13.8 Å². The lowest BCUT2D eigenvalue weighted by Crippen LogP contribution is -2.48. The van der Waals surface area contributed by atoms with Crippen molar-refractivity contribution in [2.45, 2.75) is 63.5 Å². The fourth-order valence-electron chi connectivity index (χ4n) is 2.54. The standard InChI is InChI=1S/C12H21NO4/c1-12(2)16-7-10(17-12)8-5-3-4-6-9(13-8)11(14)15/h8-10,13H,3-7H2,1-2H3,(H,14,15)/t8-,9+,10+/m1/s1. The van der Waals surface area contributed by atoms with Crippen molar-refractivity contribution in [1.82, 2.24) is 5.32 Å². The Morgan fingerprint density at radius 2 is 2.06 bits per heavy atom. The van der Waals surface area contributed by atoms with Crippen molar-refractivity contribution in [3.8, 4) is 0 Å². The Hall–Kier alpha value is -0.650. The number of carboxylic acids is 1. The molecule has 2 aliphatic heterocycles. The number of hydrogen-bond donors (Lipinski definition) is 2. The minimum Gasteiger partial charge on any atom is -0.480 e. The van der Waals surface area contributed by atoms with Crippen LogP contribution in [0.4, 0.5) is 0 Å². The van der Waals surface area contributed by atoms with Crippen molar-refractivity contribution in [3.63, 3.8) is 0 Å². The second kappa shape index (κ2) is 4.92. The van der Waals surface area contributed by atoms with Gasteiger partial charge in [-0.1, -0.05) is 12.8 Å². The van der Waals surface area contributed by atoms with Gasteiger partial charge in [-0.3, -0.25) is 10.1 Å². The Kier molecular flexibility index (Phi) is 3.70. The molecule has 2 fully saturated rings. The summed E-state index contributed by atoms with van der Waals surface area (Å²) in [6, 6.07) is -0.366. The maximum absolute atomic E-state index is 11.1. The molecule has 0 aliphatic carbocycles. The number of carbonyl (C=O) groups is 1. The Labute approximate surface area is 101 Å². The van der Waals surface area contributed by atoms with E-state index in [1.54, 1.807) is 0 Å². The van der Waals surface area contributed by atoms with Crippen LogP contribution in [0.2, 0.25) is 0 Å². The van der Waals surface area contributed by atoms with E-state index in [-0.39, 0.29) is 12.1 Å². The van der Waals surface area contributed by atoms with E-state index in [0.717, 1.165) is 19.3 Å². The summed E-state index contributed by atoms with van der Waals surface area (Å²) in [6.07, 6.45) is 3.61. The third-order valence-corrected chi connectivity index (χ3v) is 3.45. The summed E-state index contributed by atoms with van der Waals surface area (Å²) in [5.74, 6) is -1.31. The number of nitrogens with one attached hydrogen (secondary N) is 1. The number of rotatable bonds is 2. The van der Waals surface area contributed by atoms with Crippen molar-refractivity contribution in [2.24, 2.45) is 0 Å². The molecule has 3 atom stereocenters. The monoisotopic (exact) mass is 243 g/mol. The summed E-state index contributed by atoms with van der Waals surface area (Å²) >= 11 is 0. The maximum Gasteiger partial charge on any atom is 0.320 e. The van der Waals surface area contributed by atoms with Crippen LogP contribution in [0.1, 0.15) is 39.5 Å². The van der Waals surface area contributed by atoms with Gasteiger partial charge < -0.3 is 14.6 Å². The lowest BCUT2D eigenvalue weighted by molar-refractivity contribution is -0.144. The minimum atomic E-state index is -0.768. The second-order valence-electron chi connectivity index (χ2n) is 5.32. The van der Waals surface area contributed by atoms with Crippen molar-refractivity contribution >= 4 is 5.97 Å². The first-order valence-corrected chi connectivity index (χ1v) is 6.28. The van der Waals surface area contributed by atoms with Crippen LogP contribution < -0.4 is 5.32 Å². The van der Waals surface area contributed by atoms with Crippen LogP contribution in [-0.4, -0.2) is 41.7 Å². The average molecular weight is 243 g/mol. The molecule has 0 radical (unpaired) electrons. The molecule has 0 aromatic rings. The van der Waals surface area contributed by atoms with Crippen LogP contribution in [0.25, 0.3) is 0 Å². The molecule has 2 N–H and O–H groups in total. The van der Waals surface area contributed by atoms with Gasteiger partial charge in [0, 0.05) is 6.04 Å². The van der Waals surface area contributed by atoms with E-state index < -0.39 is 17.8 Å². The quantitative estimate of drug-likeness (QED) is 0.760. The molecule has 0 aromatic carbocycles. The Morgan fingerprint density at radius 3 is 2.65 bits per heavy atom. The molecule has 0 unspecified atom stereocenters. The molecule has 0 spiro atoms. The molecule has 2 aliphatic rings. The van der Waals surface area contributed by atoms with Crippen LogP contribution in [0.3, 0.4) is 0 Å². The normalized spacial score (nSPS) is 37.6. The van der Waals surface area contributed by atoms with Gasteiger partial charge in [-0.25, -0.2) is 0 Å². The fourth-order valence-corrected chi connectivity index (χ4v) is 2.54. The van der Waals surface area contributed by atoms with Crippen LogP contribution >= 0.6 is 0 Å². The first kappa shape index (κ1) is 12.8. The molecule has 0 bridgehead atoms. The zero-order valence-corrected chi connectivity index (χ0v) is 10.4. The predicted octanol–water partition coefficient (Wildman–Crippen LogP) is 1.12. The molecule has 17 heavy (non-hydrogen) atoms. The number of hydrogen-bond acceptors (Lipinski definition) is 4. The molecule has 2 saturated heterocycles. The fraction of sp³-hybridized carbons (Fsp3) is 0.917. The molecule has 0 amide bonds. The first-order valence-electron chi connectivity index (χ1n) is 6.28. The molecule has 0 saturated carbocycles. The topological polar surface area (TPSA) is 67.8 Å². The highest BCUT2D eigenvalue weighted by molar-refractivity contribution is 5.73. The molecule has 5 heteroatoms. The van der Waals surface area contributed by atoms with Gasteiger partial charge in [0.15, 0.2) is 5.79 Å². The van der Waals surface area contributed by atoms with E-state index >= 15 is 0 Å². The van der Waals surface area contributed by atoms with E-state index in [1.165, 1.54) is 0 Å². The lowest BCUT2D eigenvalue weighted by Gasteiger charge is -2.25. The van der Waals surface area contributed by atoms with Crippen molar-refractivity contribution in [3.05, 3.63) is 0 Å². The van der Waals surface area contributed by atoms with Crippen LogP contribution in [0.5, 0.6) is 0 Å². The molecule has 0 aromatic heterocycles. The Balaban J connectivity index is 1.97. The molecular weight excluding hydrogens is 222 g/mol. The maximum atomic E-state index is 11.1. The molecule has 5 nitrogen and oxygen atoms in total. The van der Waals surface area contributed by atoms with Crippen LogP contribution in [-0.2, 0) is 14.3 Å². The zero-order chi connectivity index (χ0) is 12.5. The summed E-state index contributed by atoms with van der Waals surface area (Å²) in [5, 5.41) is 12.3. The Bertz CT molecular complexity index is 292. The average Bonchev–Trinajstić information content (AvgIpc) is 2.51. The molecule has 2 heterocycles. The van der Waals surface area contributed by atoms with Gasteiger partial charge in [0.05, 0.1) is 12.7 Å². The van der Waals surface area contributed by atoms with Gasteiger partial charge in [-0.15, -0.1) is 0 Å². The minimum absolute atomic E-state index is 0.0371. The SMILES string of the molecule is CC1(C)OC[C@@H]([C@H]2CCCC[C@@H](C(=O)O)N2)O1. The van der Waals surface area contributed by atoms with Crippen LogP contribution in [0.15, 0.2) is 0 Å². The number of ether oxygens (including phenoxy) is 2. The highest BCUT2D eigenvalue weighted by Crippen LogP contribution is 2.27. The third-order valence-electron chi connectivity index (χ3n) is 3.45. The Morgan fingerprint density at radius 1 is 1.35 bits per heavy atom. The van der Waals surface area contributed by atoms with Crippen molar-refractivity contribution in [2.75, 3.05) is 6.61 Å². The smallest absolute Gasteiger partial charge is 0.320 e. The largest absolute Gasteiger partial charge is 0.480 e. The summed E-state index contributed by atoms with van der Waals surface area (Å²) in [7, 11) is 0. The van der Waals surface area contributed by atoms with E-state index in [0.29, 0.717) is 13.0 Å². The molecular formula is C12H21NO4.